The lowest BCUT2D eigenvalue weighted by Crippen LogP contribution is -2.03. The molecule has 0 saturated carbocycles. The molecule has 0 fully saturated rings. The second-order valence-electron chi connectivity index (χ2n) is 2.80. The van der Waals surface area contributed by atoms with E-state index in [2.05, 4.69) is 0 Å². The third kappa shape index (κ3) is 4.13. The molecular formula is C12H12O3. The number of carbonyl (C=O) groups is 1. The van der Waals surface area contributed by atoms with Crippen LogP contribution in [0.1, 0.15) is 6.92 Å². The Bertz CT molecular complexity index is 374. The third-order valence-electron chi connectivity index (χ3n) is 1.59. The van der Waals surface area contributed by atoms with Crippen LogP contribution < -0.4 is 4.74 Å². The van der Waals surface area contributed by atoms with Crippen molar-refractivity contribution in [2.24, 2.45) is 0 Å². The lowest BCUT2D eigenvalue weighted by atomic mass is 10.3. The number of esters is 1. The van der Waals surface area contributed by atoms with E-state index in [1.807, 2.05) is 13.0 Å². The summed E-state index contributed by atoms with van der Waals surface area (Å²) in [6, 6.07) is 5.96. The molecule has 3 nitrogen and oxygen atoms in total. The number of hydrogen-bond donors (Lipinski definition) is 1. The molecule has 78 valence electrons. The van der Waals surface area contributed by atoms with Gasteiger partial charge >= 0.3 is 5.97 Å². The van der Waals surface area contributed by atoms with Gasteiger partial charge in [-0.1, -0.05) is 18.2 Å². The highest BCUT2D eigenvalue weighted by molar-refractivity contribution is 5.84. The fraction of sp³-hybridized carbons (Fsp3) is 0.0833. The molecule has 15 heavy (non-hydrogen) atoms. The van der Waals surface area contributed by atoms with Gasteiger partial charge in [-0.2, -0.15) is 0 Å². The summed E-state index contributed by atoms with van der Waals surface area (Å²) in [5.74, 6) is 0.0981. The molecule has 0 aliphatic rings. The van der Waals surface area contributed by atoms with Crippen molar-refractivity contribution in [1.29, 1.82) is 0 Å². The Labute approximate surface area is 88.3 Å². The van der Waals surface area contributed by atoms with Gasteiger partial charge in [-0.25, -0.2) is 4.79 Å². The van der Waals surface area contributed by atoms with E-state index in [4.69, 9.17) is 9.84 Å². The standard InChI is InChI=1S/C12H12O3/c1-2-3-4-5-12(14)15-11-8-6-10(13)7-9-11/h2-9,13H,1H3. The van der Waals surface area contributed by atoms with E-state index >= 15 is 0 Å². The van der Waals surface area contributed by atoms with Crippen LogP contribution in [0.15, 0.2) is 48.6 Å². The molecule has 1 aromatic rings. The minimum absolute atomic E-state index is 0.138. The zero-order valence-corrected chi connectivity index (χ0v) is 8.38. The molecule has 1 aromatic carbocycles. The quantitative estimate of drug-likeness (QED) is 0.356. The smallest absolute Gasteiger partial charge is 0.336 e. The summed E-state index contributed by atoms with van der Waals surface area (Å²) in [5.41, 5.74) is 0. The fourth-order valence-electron chi connectivity index (χ4n) is 0.910. The Hall–Kier alpha value is -2.03. The van der Waals surface area contributed by atoms with Crippen molar-refractivity contribution in [1.82, 2.24) is 0 Å². The molecule has 1 N–H and O–H groups in total. The molecule has 0 radical (unpaired) electrons. The maximum atomic E-state index is 11.2. The second kappa shape index (κ2) is 5.65. The summed E-state index contributed by atoms with van der Waals surface area (Å²) < 4.78 is 4.95. The van der Waals surface area contributed by atoms with Crippen LogP contribution in [0.25, 0.3) is 0 Å². The van der Waals surface area contributed by atoms with Gasteiger partial charge in [0, 0.05) is 6.08 Å². The third-order valence-corrected chi connectivity index (χ3v) is 1.59. The summed E-state index contributed by atoms with van der Waals surface area (Å²) in [4.78, 5) is 11.2. The van der Waals surface area contributed by atoms with Crippen molar-refractivity contribution < 1.29 is 14.6 Å². The van der Waals surface area contributed by atoms with Gasteiger partial charge in [-0.15, -0.1) is 0 Å². The van der Waals surface area contributed by atoms with E-state index in [1.54, 1.807) is 12.2 Å². The van der Waals surface area contributed by atoms with Crippen molar-refractivity contribution in [2.75, 3.05) is 0 Å². The van der Waals surface area contributed by atoms with Gasteiger partial charge in [0.1, 0.15) is 11.5 Å². The average molecular weight is 204 g/mol. The van der Waals surface area contributed by atoms with E-state index in [1.165, 1.54) is 30.3 Å². The van der Waals surface area contributed by atoms with Crippen molar-refractivity contribution in [2.45, 2.75) is 6.92 Å². The number of benzene rings is 1. The zero-order valence-electron chi connectivity index (χ0n) is 8.38. The minimum atomic E-state index is -0.446. The SMILES string of the molecule is CC=CC=CC(=O)Oc1ccc(O)cc1. The number of ether oxygens (including phenoxy) is 1. The number of rotatable bonds is 3. The first-order valence-electron chi connectivity index (χ1n) is 4.52. The van der Waals surface area contributed by atoms with Crippen LogP contribution in [0, 0.1) is 0 Å². The first kappa shape index (κ1) is 11.0. The molecule has 3 heteroatoms. The van der Waals surface area contributed by atoms with Gasteiger partial charge in [0.05, 0.1) is 0 Å². The largest absolute Gasteiger partial charge is 0.508 e. The zero-order chi connectivity index (χ0) is 11.1. The van der Waals surface area contributed by atoms with E-state index in [9.17, 15) is 4.79 Å². The van der Waals surface area contributed by atoms with Gasteiger partial charge < -0.3 is 9.84 Å². The van der Waals surface area contributed by atoms with Crippen LogP contribution >= 0.6 is 0 Å². The van der Waals surface area contributed by atoms with E-state index in [0.29, 0.717) is 5.75 Å². The lowest BCUT2D eigenvalue weighted by molar-refractivity contribution is -0.128. The number of allylic oxidation sites excluding steroid dienone is 3. The molecule has 0 saturated heterocycles. The summed E-state index contributed by atoms with van der Waals surface area (Å²) in [7, 11) is 0. The maximum absolute atomic E-state index is 11.2. The molecule has 1 rings (SSSR count). The number of aromatic hydroxyl groups is 1. The predicted octanol–water partition coefficient (Wildman–Crippen LogP) is 2.43. The molecule has 0 aromatic heterocycles. The topological polar surface area (TPSA) is 46.5 Å². The van der Waals surface area contributed by atoms with Gasteiger partial charge in [-0.05, 0) is 31.2 Å². The van der Waals surface area contributed by atoms with Crippen molar-refractivity contribution in [3.05, 3.63) is 48.6 Å². The first-order valence-corrected chi connectivity index (χ1v) is 4.52. The van der Waals surface area contributed by atoms with Gasteiger partial charge in [0.25, 0.3) is 0 Å². The molecule has 0 aliphatic heterocycles. The van der Waals surface area contributed by atoms with Gasteiger partial charge in [-0.3, -0.25) is 0 Å². The normalized spacial score (nSPS) is 11.0. The average Bonchev–Trinajstić information content (AvgIpc) is 2.22. The number of carbonyl (C=O) groups excluding carboxylic acids is 1. The first-order chi connectivity index (χ1) is 7.22. The molecular weight excluding hydrogens is 192 g/mol. The summed E-state index contributed by atoms with van der Waals surface area (Å²) in [5, 5.41) is 9.00. The molecule has 0 spiro atoms. The Kier molecular flexibility index (Phi) is 4.16. The minimum Gasteiger partial charge on any atom is -0.508 e. The maximum Gasteiger partial charge on any atom is 0.336 e. The van der Waals surface area contributed by atoms with Crippen LogP contribution in [0.3, 0.4) is 0 Å². The fourth-order valence-corrected chi connectivity index (χ4v) is 0.910. The van der Waals surface area contributed by atoms with Crippen LogP contribution in [-0.4, -0.2) is 11.1 Å². The van der Waals surface area contributed by atoms with E-state index < -0.39 is 5.97 Å². The number of hydrogen-bond acceptors (Lipinski definition) is 3. The molecule has 0 unspecified atom stereocenters. The summed E-state index contributed by atoms with van der Waals surface area (Å²) >= 11 is 0. The highest BCUT2D eigenvalue weighted by Crippen LogP contribution is 2.15. The van der Waals surface area contributed by atoms with Crippen molar-refractivity contribution >= 4 is 5.97 Å². The molecule has 0 amide bonds. The van der Waals surface area contributed by atoms with Crippen LogP contribution in [-0.2, 0) is 4.79 Å². The van der Waals surface area contributed by atoms with Crippen LogP contribution in [0.4, 0.5) is 0 Å². The molecule has 0 aliphatic carbocycles. The summed E-state index contributed by atoms with van der Waals surface area (Å²) in [6.07, 6.45) is 6.47. The van der Waals surface area contributed by atoms with Crippen LogP contribution in [0.5, 0.6) is 11.5 Å². The number of phenolic OH excluding ortho intramolecular Hbond substituents is 1. The highest BCUT2D eigenvalue weighted by atomic mass is 16.5. The predicted molar refractivity (Wildman–Crippen MR) is 57.7 cm³/mol. The molecule has 0 bridgehead atoms. The Morgan fingerprint density at radius 3 is 2.53 bits per heavy atom. The van der Waals surface area contributed by atoms with Crippen LogP contribution in [0.2, 0.25) is 0 Å². The highest BCUT2D eigenvalue weighted by Gasteiger charge is 1.98. The molecule has 0 heterocycles. The lowest BCUT2D eigenvalue weighted by Gasteiger charge is -2.00. The van der Waals surface area contributed by atoms with Crippen molar-refractivity contribution in [3.63, 3.8) is 0 Å². The Morgan fingerprint density at radius 1 is 1.27 bits per heavy atom. The van der Waals surface area contributed by atoms with E-state index in [-0.39, 0.29) is 5.75 Å². The molecule has 0 atom stereocenters. The van der Waals surface area contributed by atoms with Crippen molar-refractivity contribution in [3.8, 4) is 11.5 Å². The Balaban J connectivity index is 2.55. The second-order valence-corrected chi connectivity index (χ2v) is 2.80. The number of phenols is 1. The van der Waals surface area contributed by atoms with Gasteiger partial charge in [0.15, 0.2) is 0 Å². The Morgan fingerprint density at radius 2 is 1.93 bits per heavy atom. The summed E-state index contributed by atoms with van der Waals surface area (Å²) in [6.45, 7) is 1.86. The van der Waals surface area contributed by atoms with E-state index in [0.717, 1.165) is 0 Å². The monoisotopic (exact) mass is 204 g/mol. The van der Waals surface area contributed by atoms with Gasteiger partial charge in [0.2, 0.25) is 0 Å².